The lowest BCUT2D eigenvalue weighted by molar-refractivity contribution is -0.116. The van der Waals surface area contributed by atoms with Crippen molar-refractivity contribution in [3.05, 3.63) is 28.2 Å². The van der Waals surface area contributed by atoms with E-state index in [0.717, 1.165) is 12.8 Å². The predicted octanol–water partition coefficient (Wildman–Crippen LogP) is 4.09. The summed E-state index contributed by atoms with van der Waals surface area (Å²) in [5.74, 6) is -0.0832. The molecule has 5 heteroatoms. The molecule has 0 fully saturated rings. The highest BCUT2D eigenvalue weighted by Gasteiger charge is 2.19. The van der Waals surface area contributed by atoms with Crippen molar-refractivity contribution >= 4 is 34.8 Å². The number of benzene rings is 1. The lowest BCUT2D eigenvalue weighted by Gasteiger charge is -2.23. The van der Waals surface area contributed by atoms with Crippen LogP contribution in [0, 0.1) is 5.41 Å². The summed E-state index contributed by atoms with van der Waals surface area (Å²) in [4.78, 5) is 11.9. The number of amides is 1. The van der Waals surface area contributed by atoms with E-state index in [1.807, 2.05) is 0 Å². The largest absolute Gasteiger partial charge is 0.330 e. The van der Waals surface area contributed by atoms with Crippen LogP contribution < -0.4 is 11.1 Å². The second kappa shape index (κ2) is 7.13. The average molecular weight is 303 g/mol. The van der Waals surface area contributed by atoms with Crippen LogP contribution in [0.1, 0.15) is 33.1 Å². The van der Waals surface area contributed by atoms with Gasteiger partial charge in [0.05, 0.1) is 15.7 Å². The molecule has 0 unspecified atom stereocenters. The van der Waals surface area contributed by atoms with E-state index in [0.29, 0.717) is 28.7 Å². The maximum atomic E-state index is 11.9. The standard InChI is InChI=1S/C14H20Cl2N2O/c1-14(2,8-9-17)7-6-12(19)18-13-10(15)4-3-5-11(13)16/h3-5H,6-9,17H2,1-2H3,(H,18,19). The third-order valence-corrected chi connectivity index (χ3v) is 3.71. The molecule has 0 radical (unpaired) electrons. The Balaban J connectivity index is 2.57. The summed E-state index contributed by atoms with van der Waals surface area (Å²) >= 11 is 12.0. The van der Waals surface area contributed by atoms with Crippen LogP contribution in [0.2, 0.25) is 10.0 Å². The molecule has 1 aromatic rings. The van der Waals surface area contributed by atoms with Crippen molar-refractivity contribution in [2.24, 2.45) is 11.1 Å². The van der Waals surface area contributed by atoms with Crippen molar-refractivity contribution in [1.82, 2.24) is 0 Å². The Morgan fingerprint density at radius 3 is 2.37 bits per heavy atom. The fourth-order valence-electron chi connectivity index (χ4n) is 1.79. The highest BCUT2D eigenvalue weighted by Crippen LogP contribution is 2.31. The van der Waals surface area contributed by atoms with Gasteiger partial charge in [-0.2, -0.15) is 0 Å². The first-order valence-corrected chi connectivity index (χ1v) is 7.05. The minimum atomic E-state index is -0.0832. The minimum Gasteiger partial charge on any atom is -0.330 e. The van der Waals surface area contributed by atoms with Gasteiger partial charge in [0, 0.05) is 6.42 Å². The normalized spacial score (nSPS) is 11.4. The minimum absolute atomic E-state index is 0.0658. The van der Waals surface area contributed by atoms with Gasteiger partial charge in [-0.1, -0.05) is 43.1 Å². The molecular weight excluding hydrogens is 283 g/mol. The molecule has 0 saturated heterocycles. The first kappa shape index (κ1) is 16.3. The van der Waals surface area contributed by atoms with Crippen molar-refractivity contribution in [2.75, 3.05) is 11.9 Å². The molecule has 0 bridgehead atoms. The number of anilines is 1. The number of para-hydroxylation sites is 1. The van der Waals surface area contributed by atoms with E-state index in [4.69, 9.17) is 28.9 Å². The highest BCUT2D eigenvalue weighted by molar-refractivity contribution is 6.39. The molecule has 1 amide bonds. The van der Waals surface area contributed by atoms with E-state index < -0.39 is 0 Å². The molecule has 0 atom stereocenters. The number of rotatable bonds is 6. The zero-order valence-electron chi connectivity index (χ0n) is 11.3. The van der Waals surface area contributed by atoms with Crippen molar-refractivity contribution in [1.29, 1.82) is 0 Å². The Kier molecular flexibility index (Phi) is 6.11. The second-order valence-corrected chi connectivity index (χ2v) is 6.16. The number of carbonyl (C=O) groups is 1. The Morgan fingerprint density at radius 1 is 1.26 bits per heavy atom. The van der Waals surface area contributed by atoms with Crippen molar-refractivity contribution in [3.63, 3.8) is 0 Å². The SMILES string of the molecule is CC(C)(CCN)CCC(=O)Nc1c(Cl)cccc1Cl. The summed E-state index contributed by atoms with van der Waals surface area (Å²) in [6.07, 6.45) is 2.10. The monoisotopic (exact) mass is 302 g/mol. The van der Waals surface area contributed by atoms with E-state index in [1.165, 1.54) is 0 Å². The fourth-order valence-corrected chi connectivity index (χ4v) is 2.28. The molecule has 0 spiro atoms. The highest BCUT2D eigenvalue weighted by atomic mass is 35.5. The predicted molar refractivity (Wildman–Crippen MR) is 81.8 cm³/mol. The first-order chi connectivity index (χ1) is 8.85. The fraction of sp³-hybridized carbons (Fsp3) is 0.500. The van der Waals surface area contributed by atoms with Crippen LogP contribution in [0.5, 0.6) is 0 Å². The number of nitrogens with two attached hydrogens (primary N) is 1. The molecule has 1 aromatic carbocycles. The number of halogens is 2. The number of carbonyl (C=O) groups excluding carboxylic acids is 1. The number of hydrogen-bond acceptors (Lipinski definition) is 2. The maximum absolute atomic E-state index is 11.9. The van der Waals surface area contributed by atoms with E-state index in [-0.39, 0.29) is 11.3 Å². The molecule has 0 saturated carbocycles. The summed E-state index contributed by atoms with van der Waals surface area (Å²) in [6.45, 7) is 4.84. The van der Waals surface area contributed by atoms with E-state index in [2.05, 4.69) is 19.2 Å². The van der Waals surface area contributed by atoms with Gasteiger partial charge in [-0.3, -0.25) is 4.79 Å². The Morgan fingerprint density at radius 2 is 1.84 bits per heavy atom. The summed E-state index contributed by atoms with van der Waals surface area (Å²) in [5, 5.41) is 3.65. The molecule has 0 aromatic heterocycles. The van der Waals surface area contributed by atoms with Crippen LogP contribution >= 0.6 is 23.2 Å². The molecule has 0 heterocycles. The smallest absolute Gasteiger partial charge is 0.224 e. The molecular formula is C14H20Cl2N2O. The first-order valence-electron chi connectivity index (χ1n) is 6.30. The van der Waals surface area contributed by atoms with Gasteiger partial charge in [0.25, 0.3) is 0 Å². The topological polar surface area (TPSA) is 55.1 Å². The van der Waals surface area contributed by atoms with Gasteiger partial charge in [0.15, 0.2) is 0 Å². The maximum Gasteiger partial charge on any atom is 0.224 e. The lowest BCUT2D eigenvalue weighted by atomic mass is 9.84. The second-order valence-electron chi connectivity index (χ2n) is 5.35. The van der Waals surface area contributed by atoms with E-state index in [1.54, 1.807) is 18.2 Å². The molecule has 3 N–H and O–H groups in total. The lowest BCUT2D eigenvalue weighted by Crippen LogP contribution is -2.20. The van der Waals surface area contributed by atoms with Gasteiger partial charge in [-0.05, 0) is 36.9 Å². The van der Waals surface area contributed by atoms with Crippen molar-refractivity contribution in [3.8, 4) is 0 Å². The zero-order valence-corrected chi connectivity index (χ0v) is 12.8. The van der Waals surface area contributed by atoms with Gasteiger partial charge < -0.3 is 11.1 Å². The van der Waals surface area contributed by atoms with Gasteiger partial charge in [-0.15, -0.1) is 0 Å². The Labute approximate surface area is 124 Å². The van der Waals surface area contributed by atoms with Gasteiger partial charge in [0.2, 0.25) is 5.91 Å². The van der Waals surface area contributed by atoms with Crippen LogP contribution in [0.3, 0.4) is 0 Å². The Bertz CT molecular complexity index is 427. The van der Waals surface area contributed by atoms with Gasteiger partial charge >= 0.3 is 0 Å². The van der Waals surface area contributed by atoms with E-state index >= 15 is 0 Å². The Hall–Kier alpha value is -0.770. The van der Waals surface area contributed by atoms with Gasteiger partial charge in [-0.25, -0.2) is 0 Å². The molecule has 0 aliphatic heterocycles. The third-order valence-electron chi connectivity index (χ3n) is 3.08. The summed E-state index contributed by atoms with van der Waals surface area (Å²) < 4.78 is 0. The van der Waals surface area contributed by atoms with Crippen LogP contribution in [0.15, 0.2) is 18.2 Å². The molecule has 3 nitrogen and oxygen atoms in total. The van der Waals surface area contributed by atoms with Crippen LogP contribution in [-0.4, -0.2) is 12.5 Å². The summed E-state index contributed by atoms with van der Waals surface area (Å²) in [7, 11) is 0. The van der Waals surface area contributed by atoms with Gasteiger partial charge in [0.1, 0.15) is 0 Å². The summed E-state index contributed by atoms with van der Waals surface area (Å²) in [5.41, 5.74) is 6.09. The van der Waals surface area contributed by atoms with Crippen LogP contribution in [-0.2, 0) is 4.79 Å². The number of hydrogen-bond donors (Lipinski definition) is 2. The quantitative estimate of drug-likeness (QED) is 0.831. The molecule has 1 rings (SSSR count). The summed E-state index contributed by atoms with van der Waals surface area (Å²) in [6, 6.07) is 5.13. The average Bonchev–Trinajstić information content (AvgIpc) is 2.32. The van der Waals surface area contributed by atoms with Crippen molar-refractivity contribution < 1.29 is 4.79 Å². The van der Waals surface area contributed by atoms with Crippen molar-refractivity contribution in [2.45, 2.75) is 33.1 Å². The number of nitrogens with one attached hydrogen (secondary N) is 1. The zero-order chi connectivity index (χ0) is 14.5. The molecule has 0 aliphatic carbocycles. The van der Waals surface area contributed by atoms with E-state index in [9.17, 15) is 4.79 Å². The molecule has 19 heavy (non-hydrogen) atoms. The van der Waals surface area contributed by atoms with Crippen LogP contribution in [0.25, 0.3) is 0 Å². The molecule has 106 valence electrons. The van der Waals surface area contributed by atoms with Crippen LogP contribution in [0.4, 0.5) is 5.69 Å². The third kappa shape index (κ3) is 5.39. The molecule has 0 aliphatic rings.